The van der Waals surface area contributed by atoms with Gasteiger partial charge in [-0.15, -0.1) is 0 Å². The highest BCUT2D eigenvalue weighted by atomic mass is 19.1. The number of fused-ring (bicyclic) bond motifs is 1. The standard InChI is InChI=1S/C16H20FNO2/c17-13-6-4-5-12-11(13)8-9-14(12)18-10-3-1-2-7-15(18)16(19)20/h4-6,14-15H,1-3,7-10H2,(H,19,20). The van der Waals surface area contributed by atoms with E-state index >= 15 is 0 Å². The number of rotatable bonds is 2. The first-order chi connectivity index (χ1) is 9.68. The van der Waals surface area contributed by atoms with Gasteiger partial charge in [0.2, 0.25) is 0 Å². The molecule has 1 heterocycles. The molecule has 1 N–H and O–H groups in total. The van der Waals surface area contributed by atoms with E-state index in [4.69, 9.17) is 0 Å². The number of carbonyl (C=O) groups is 1. The third-order valence-electron chi connectivity index (χ3n) is 4.66. The van der Waals surface area contributed by atoms with E-state index in [1.807, 2.05) is 6.07 Å². The van der Waals surface area contributed by atoms with Gasteiger partial charge in [-0.2, -0.15) is 0 Å². The minimum atomic E-state index is -0.739. The van der Waals surface area contributed by atoms with Crippen LogP contribution in [0, 0.1) is 5.82 Å². The normalized spacial score (nSPS) is 27.1. The van der Waals surface area contributed by atoms with E-state index in [-0.39, 0.29) is 11.9 Å². The number of hydrogen-bond acceptors (Lipinski definition) is 2. The summed E-state index contributed by atoms with van der Waals surface area (Å²) in [6, 6.07) is 4.84. The van der Waals surface area contributed by atoms with Crippen LogP contribution in [-0.2, 0) is 11.2 Å². The number of hydrogen-bond donors (Lipinski definition) is 1. The molecule has 2 atom stereocenters. The zero-order chi connectivity index (χ0) is 14.1. The van der Waals surface area contributed by atoms with Gasteiger partial charge in [0.1, 0.15) is 11.9 Å². The summed E-state index contributed by atoms with van der Waals surface area (Å²) in [5.74, 6) is -0.886. The number of likely N-dealkylation sites (tertiary alicyclic amines) is 1. The van der Waals surface area contributed by atoms with Crippen molar-refractivity contribution >= 4 is 5.97 Å². The quantitative estimate of drug-likeness (QED) is 0.902. The van der Waals surface area contributed by atoms with E-state index in [9.17, 15) is 14.3 Å². The topological polar surface area (TPSA) is 40.5 Å². The number of benzene rings is 1. The summed E-state index contributed by atoms with van der Waals surface area (Å²) < 4.78 is 13.8. The lowest BCUT2D eigenvalue weighted by molar-refractivity contribution is -0.144. The molecule has 1 aromatic carbocycles. The van der Waals surface area contributed by atoms with Gasteiger partial charge in [0.15, 0.2) is 0 Å². The highest BCUT2D eigenvalue weighted by Gasteiger charge is 2.36. The van der Waals surface area contributed by atoms with Crippen molar-refractivity contribution in [3.05, 3.63) is 35.1 Å². The molecule has 1 aliphatic heterocycles. The van der Waals surface area contributed by atoms with Gasteiger partial charge in [0, 0.05) is 6.04 Å². The minimum absolute atomic E-state index is 0.0694. The fourth-order valence-electron chi connectivity index (χ4n) is 3.70. The van der Waals surface area contributed by atoms with Crippen LogP contribution >= 0.6 is 0 Å². The molecule has 4 heteroatoms. The molecule has 0 aromatic heterocycles. The zero-order valence-electron chi connectivity index (χ0n) is 11.5. The van der Waals surface area contributed by atoms with E-state index in [0.717, 1.165) is 49.8 Å². The monoisotopic (exact) mass is 277 g/mol. The van der Waals surface area contributed by atoms with Crippen LogP contribution in [0.25, 0.3) is 0 Å². The van der Waals surface area contributed by atoms with E-state index < -0.39 is 12.0 Å². The Hall–Kier alpha value is -1.42. The van der Waals surface area contributed by atoms with Crippen LogP contribution in [0.5, 0.6) is 0 Å². The van der Waals surface area contributed by atoms with Gasteiger partial charge in [-0.3, -0.25) is 9.69 Å². The van der Waals surface area contributed by atoms with Crippen molar-refractivity contribution in [1.82, 2.24) is 4.90 Å². The Labute approximate surface area is 118 Å². The number of aliphatic carboxylic acids is 1. The average molecular weight is 277 g/mol. The second kappa shape index (κ2) is 5.52. The lowest BCUT2D eigenvalue weighted by Gasteiger charge is -2.33. The van der Waals surface area contributed by atoms with Crippen molar-refractivity contribution in [3.63, 3.8) is 0 Å². The maximum atomic E-state index is 13.8. The molecule has 2 unspecified atom stereocenters. The van der Waals surface area contributed by atoms with Crippen molar-refractivity contribution in [2.45, 2.75) is 50.6 Å². The average Bonchev–Trinajstić information content (AvgIpc) is 2.70. The molecule has 0 spiro atoms. The molecule has 1 saturated heterocycles. The predicted octanol–water partition coefficient (Wildman–Crippen LogP) is 3.14. The maximum absolute atomic E-state index is 13.8. The van der Waals surface area contributed by atoms with Crippen LogP contribution in [0.15, 0.2) is 18.2 Å². The summed E-state index contributed by atoms with van der Waals surface area (Å²) in [7, 11) is 0. The lowest BCUT2D eigenvalue weighted by atomic mass is 10.0. The van der Waals surface area contributed by atoms with Crippen LogP contribution in [-0.4, -0.2) is 28.6 Å². The number of halogens is 1. The molecular formula is C16H20FNO2. The fraction of sp³-hybridized carbons (Fsp3) is 0.562. The molecule has 1 aromatic rings. The zero-order valence-corrected chi connectivity index (χ0v) is 11.5. The Balaban J connectivity index is 1.92. The van der Waals surface area contributed by atoms with E-state index in [1.165, 1.54) is 6.07 Å². The van der Waals surface area contributed by atoms with Gasteiger partial charge >= 0.3 is 5.97 Å². The van der Waals surface area contributed by atoms with Crippen LogP contribution < -0.4 is 0 Å². The van der Waals surface area contributed by atoms with Crippen molar-refractivity contribution in [3.8, 4) is 0 Å². The lowest BCUT2D eigenvalue weighted by Crippen LogP contribution is -2.42. The van der Waals surface area contributed by atoms with Gasteiger partial charge in [-0.05, 0) is 49.4 Å². The highest BCUT2D eigenvalue weighted by molar-refractivity contribution is 5.73. The van der Waals surface area contributed by atoms with Gasteiger partial charge in [0.05, 0.1) is 0 Å². The number of nitrogens with zero attached hydrogens (tertiary/aromatic N) is 1. The smallest absolute Gasteiger partial charge is 0.320 e. The second-order valence-electron chi connectivity index (χ2n) is 5.80. The molecule has 3 nitrogen and oxygen atoms in total. The fourth-order valence-corrected chi connectivity index (χ4v) is 3.70. The Bertz CT molecular complexity index is 517. The Kier molecular flexibility index (Phi) is 3.74. The van der Waals surface area contributed by atoms with Crippen LogP contribution in [0.3, 0.4) is 0 Å². The third kappa shape index (κ3) is 2.33. The van der Waals surface area contributed by atoms with Crippen LogP contribution in [0.4, 0.5) is 4.39 Å². The Morgan fingerprint density at radius 2 is 2.10 bits per heavy atom. The van der Waals surface area contributed by atoms with E-state index in [0.29, 0.717) is 6.42 Å². The summed E-state index contributed by atoms with van der Waals surface area (Å²) in [6.45, 7) is 0.803. The summed E-state index contributed by atoms with van der Waals surface area (Å²) in [4.78, 5) is 13.6. The Morgan fingerprint density at radius 3 is 2.90 bits per heavy atom. The van der Waals surface area contributed by atoms with Crippen LogP contribution in [0.1, 0.15) is 49.3 Å². The van der Waals surface area contributed by atoms with Crippen molar-refractivity contribution < 1.29 is 14.3 Å². The van der Waals surface area contributed by atoms with Crippen molar-refractivity contribution in [2.75, 3.05) is 6.54 Å². The van der Waals surface area contributed by atoms with E-state index in [2.05, 4.69) is 4.90 Å². The van der Waals surface area contributed by atoms with Crippen molar-refractivity contribution in [2.24, 2.45) is 0 Å². The summed E-state index contributed by atoms with van der Waals surface area (Å²) in [5.41, 5.74) is 1.78. The molecule has 1 fully saturated rings. The van der Waals surface area contributed by atoms with E-state index in [1.54, 1.807) is 6.07 Å². The molecule has 0 bridgehead atoms. The van der Waals surface area contributed by atoms with Gasteiger partial charge < -0.3 is 5.11 Å². The molecule has 2 aliphatic rings. The molecule has 108 valence electrons. The third-order valence-corrected chi connectivity index (χ3v) is 4.66. The Morgan fingerprint density at radius 1 is 1.25 bits per heavy atom. The SMILES string of the molecule is O=C(O)C1CCCCCN1C1CCc2c(F)cccc21. The molecule has 20 heavy (non-hydrogen) atoms. The molecule has 3 rings (SSSR count). The molecule has 0 saturated carbocycles. The summed E-state index contributed by atoms with van der Waals surface area (Å²) in [5, 5.41) is 9.48. The molecule has 1 aliphatic carbocycles. The molecular weight excluding hydrogens is 257 g/mol. The summed E-state index contributed by atoms with van der Waals surface area (Å²) in [6.07, 6.45) is 5.34. The highest BCUT2D eigenvalue weighted by Crippen LogP contribution is 2.39. The second-order valence-corrected chi connectivity index (χ2v) is 5.80. The van der Waals surface area contributed by atoms with Gasteiger partial charge in [-0.25, -0.2) is 4.39 Å². The molecule has 0 amide bonds. The number of carboxylic acids is 1. The maximum Gasteiger partial charge on any atom is 0.320 e. The van der Waals surface area contributed by atoms with Gasteiger partial charge in [0.25, 0.3) is 0 Å². The largest absolute Gasteiger partial charge is 0.480 e. The molecule has 0 radical (unpaired) electrons. The van der Waals surface area contributed by atoms with Gasteiger partial charge in [-0.1, -0.05) is 25.0 Å². The minimum Gasteiger partial charge on any atom is -0.480 e. The first-order valence-electron chi connectivity index (χ1n) is 7.44. The first kappa shape index (κ1) is 13.6. The van der Waals surface area contributed by atoms with Crippen molar-refractivity contribution in [1.29, 1.82) is 0 Å². The predicted molar refractivity (Wildman–Crippen MR) is 74.1 cm³/mol. The number of carboxylic acid groups (broad SMARTS) is 1. The first-order valence-corrected chi connectivity index (χ1v) is 7.44. The van der Waals surface area contributed by atoms with Crippen LogP contribution in [0.2, 0.25) is 0 Å². The summed E-state index contributed by atoms with van der Waals surface area (Å²) >= 11 is 0.